The number of carbonyl (C=O) groups is 2. The van der Waals surface area contributed by atoms with E-state index in [2.05, 4.69) is 78.5 Å². The molecule has 3 aromatic rings. The summed E-state index contributed by atoms with van der Waals surface area (Å²) in [5, 5.41) is 13.5. The zero-order valence-electron chi connectivity index (χ0n) is 24.7. The Bertz CT molecular complexity index is 1290. The number of rotatable bonds is 12. The molecule has 2 amide bonds. The molecule has 4 atom stereocenters. The lowest BCUT2D eigenvalue weighted by molar-refractivity contribution is -0.136. The second-order valence-electron chi connectivity index (χ2n) is 11.7. The minimum atomic E-state index is -2.74. The van der Waals surface area contributed by atoms with Crippen molar-refractivity contribution in [3.05, 3.63) is 103 Å². The topological polar surface area (TPSA) is 76.1 Å². The molecular formula is C34H42NO5PSi. The first-order valence-electron chi connectivity index (χ1n) is 14.5. The van der Waals surface area contributed by atoms with E-state index in [0.717, 1.165) is 5.56 Å². The number of hydrogen-bond acceptors (Lipinski definition) is 5. The van der Waals surface area contributed by atoms with E-state index in [0.29, 0.717) is 25.6 Å². The van der Waals surface area contributed by atoms with Crippen molar-refractivity contribution >= 4 is 46.0 Å². The number of ether oxygens (including phenoxy) is 1. The zero-order valence-corrected chi connectivity index (χ0v) is 26.8. The van der Waals surface area contributed by atoms with Crippen LogP contribution in [0.15, 0.2) is 97.1 Å². The average molecular weight is 604 g/mol. The molecule has 0 radical (unpaired) electrons. The molecule has 42 heavy (non-hydrogen) atoms. The maximum atomic E-state index is 13.8. The highest BCUT2D eigenvalue weighted by Crippen LogP contribution is 2.37. The molecule has 1 heterocycles. The summed E-state index contributed by atoms with van der Waals surface area (Å²) in [6.45, 7) is 7.25. The first-order chi connectivity index (χ1) is 20.2. The van der Waals surface area contributed by atoms with Gasteiger partial charge in [0.1, 0.15) is 6.61 Å². The molecule has 0 saturated carbocycles. The normalized spacial score (nSPS) is 17.3. The van der Waals surface area contributed by atoms with E-state index in [4.69, 9.17) is 9.16 Å². The molecule has 8 heteroatoms. The first kappa shape index (κ1) is 31.8. The third-order valence-electron chi connectivity index (χ3n) is 7.88. The number of carbonyl (C=O) groups excluding carboxylic acids is 2. The summed E-state index contributed by atoms with van der Waals surface area (Å²) in [6, 6.07) is 30.1. The maximum Gasteiger partial charge on any atom is 0.416 e. The van der Waals surface area contributed by atoms with Gasteiger partial charge >= 0.3 is 6.09 Å². The third kappa shape index (κ3) is 7.09. The van der Waals surface area contributed by atoms with Crippen LogP contribution in [0.4, 0.5) is 4.79 Å². The number of imide groups is 1. The van der Waals surface area contributed by atoms with Crippen LogP contribution in [0.3, 0.4) is 0 Å². The van der Waals surface area contributed by atoms with Crippen molar-refractivity contribution in [3.8, 4) is 0 Å². The third-order valence-corrected chi connectivity index (χ3v) is 13.5. The van der Waals surface area contributed by atoms with Crippen LogP contribution in [0, 0.1) is 5.92 Å². The van der Waals surface area contributed by atoms with Gasteiger partial charge in [0.05, 0.1) is 18.1 Å². The Morgan fingerprint density at radius 3 is 2.10 bits per heavy atom. The van der Waals surface area contributed by atoms with E-state index >= 15 is 0 Å². The molecule has 0 aliphatic carbocycles. The van der Waals surface area contributed by atoms with Crippen molar-refractivity contribution in [2.45, 2.75) is 50.8 Å². The molecule has 1 fully saturated rings. The smallest absolute Gasteiger partial charge is 0.416 e. The van der Waals surface area contributed by atoms with Crippen LogP contribution in [0.1, 0.15) is 39.2 Å². The Morgan fingerprint density at radius 1 is 1.02 bits per heavy atom. The zero-order chi connectivity index (χ0) is 30.2. The van der Waals surface area contributed by atoms with E-state index in [1.54, 1.807) is 12.2 Å². The van der Waals surface area contributed by atoms with E-state index in [1.165, 1.54) is 15.3 Å². The first-order valence-corrected chi connectivity index (χ1v) is 17.3. The van der Waals surface area contributed by atoms with Gasteiger partial charge in [0, 0.05) is 6.61 Å². The Kier molecular flexibility index (Phi) is 10.9. The van der Waals surface area contributed by atoms with Crippen LogP contribution < -0.4 is 10.4 Å². The average Bonchev–Trinajstić information content (AvgIpc) is 3.38. The molecule has 1 N–H and O–H groups in total. The number of nitrogens with zero attached hydrogens (tertiary/aromatic N) is 1. The van der Waals surface area contributed by atoms with E-state index < -0.39 is 32.3 Å². The monoisotopic (exact) mass is 603 g/mol. The molecule has 0 aromatic heterocycles. The lowest BCUT2D eigenvalue weighted by Gasteiger charge is -2.43. The van der Waals surface area contributed by atoms with Crippen LogP contribution in [-0.4, -0.2) is 61.8 Å². The maximum absolute atomic E-state index is 13.8. The summed E-state index contributed by atoms with van der Waals surface area (Å²) >= 11 is 0. The van der Waals surface area contributed by atoms with Gasteiger partial charge in [-0.1, -0.05) is 124 Å². The largest absolute Gasteiger partial charge is 0.447 e. The fourth-order valence-corrected chi connectivity index (χ4v) is 10.7. The van der Waals surface area contributed by atoms with Gasteiger partial charge in [-0.15, -0.1) is 9.24 Å². The number of aliphatic hydroxyl groups excluding tert-OH is 1. The second-order valence-corrected chi connectivity index (χ2v) is 16.5. The van der Waals surface area contributed by atoms with Gasteiger partial charge < -0.3 is 14.3 Å². The van der Waals surface area contributed by atoms with Gasteiger partial charge in [0.2, 0.25) is 5.91 Å². The minimum absolute atomic E-state index is 0.160. The lowest BCUT2D eigenvalue weighted by atomic mass is 9.94. The lowest BCUT2D eigenvalue weighted by Crippen LogP contribution is -2.66. The van der Waals surface area contributed by atoms with E-state index in [-0.39, 0.29) is 17.7 Å². The highest BCUT2D eigenvalue weighted by atomic mass is 31.0. The van der Waals surface area contributed by atoms with Gasteiger partial charge in [-0.3, -0.25) is 4.79 Å². The molecule has 4 rings (SSSR count). The van der Waals surface area contributed by atoms with Gasteiger partial charge in [-0.2, -0.15) is 0 Å². The number of cyclic esters (lactones) is 1. The van der Waals surface area contributed by atoms with E-state index in [1.807, 2.05) is 42.5 Å². The Hall–Kier alpha value is -3.09. The van der Waals surface area contributed by atoms with Gasteiger partial charge in [0.15, 0.2) is 0 Å². The fraction of sp³-hybridized carbons (Fsp3) is 0.353. The number of amides is 2. The van der Waals surface area contributed by atoms with Crippen LogP contribution in [0.2, 0.25) is 5.04 Å². The van der Waals surface area contributed by atoms with Crippen LogP contribution >= 0.6 is 9.24 Å². The molecule has 1 saturated heterocycles. The fourth-order valence-electron chi connectivity index (χ4n) is 5.72. The Balaban J connectivity index is 1.58. The van der Waals surface area contributed by atoms with Crippen molar-refractivity contribution in [2.75, 3.05) is 19.4 Å². The predicted octanol–water partition coefficient (Wildman–Crippen LogP) is 5.26. The standard InChI is InChI=1S/C34H42NO5PSi/c1-34(2,3)42(28-16-9-5-10-17-28,29-18-11-6-12-19-29)40-23-13-20-30(31(36)22-21-26-14-7-4-8-15-26)32(37)35-27(25-41)24-39-33(35)38/h4-12,14-19,21-22,27,30-31,36H,13,20,23-25,41H2,1-3H3/t27-,30+,31-/m0/s1. The molecule has 1 aliphatic rings. The van der Waals surface area contributed by atoms with Crippen molar-refractivity contribution in [3.63, 3.8) is 0 Å². The van der Waals surface area contributed by atoms with Crippen molar-refractivity contribution < 1.29 is 23.9 Å². The van der Waals surface area contributed by atoms with Crippen LogP contribution in [-0.2, 0) is 14.0 Å². The molecule has 1 unspecified atom stereocenters. The highest BCUT2D eigenvalue weighted by Gasteiger charge is 2.50. The Labute approximate surface area is 253 Å². The van der Waals surface area contributed by atoms with Crippen LogP contribution in [0.25, 0.3) is 6.08 Å². The summed E-state index contributed by atoms with van der Waals surface area (Å²) in [5.41, 5.74) is 0.918. The summed E-state index contributed by atoms with van der Waals surface area (Å²) in [7, 11) is -0.162. The van der Waals surface area contributed by atoms with E-state index in [9.17, 15) is 14.7 Å². The molecule has 1 aliphatic heterocycles. The summed E-state index contributed by atoms with van der Waals surface area (Å²) in [4.78, 5) is 27.5. The van der Waals surface area contributed by atoms with Crippen LogP contribution in [0.5, 0.6) is 0 Å². The predicted molar refractivity (Wildman–Crippen MR) is 174 cm³/mol. The quantitative estimate of drug-likeness (QED) is 0.174. The van der Waals surface area contributed by atoms with Crippen molar-refractivity contribution in [2.24, 2.45) is 5.92 Å². The van der Waals surface area contributed by atoms with Crippen molar-refractivity contribution in [1.82, 2.24) is 4.90 Å². The van der Waals surface area contributed by atoms with Gasteiger partial charge in [-0.25, -0.2) is 9.69 Å². The molecule has 222 valence electrons. The van der Waals surface area contributed by atoms with Crippen molar-refractivity contribution in [1.29, 1.82) is 0 Å². The molecule has 0 spiro atoms. The second kappa shape index (κ2) is 14.4. The van der Waals surface area contributed by atoms with Gasteiger partial charge in [0.25, 0.3) is 8.32 Å². The SMILES string of the molecule is CC(C)(C)[Si](OCCC[C@@H](C(=O)N1C(=O)OC[C@H]1CP)[C@@H](O)C=Cc1ccccc1)(c1ccccc1)c1ccccc1. The number of benzene rings is 3. The summed E-state index contributed by atoms with van der Waals surface area (Å²) < 4.78 is 12.2. The number of hydrogen-bond donors (Lipinski definition) is 1. The molecular weight excluding hydrogens is 561 g/mol. The molecule has 6 nitrogen and oxygen atoms in total. The minimum Gasteiger partial charge on any atom is -0.447 e. The summed E-state index contributed by atoms with van der Waals surface area (Å²) in [5.74, 6) is -1.24. The Morgan fingerprint density at radius 2 is 1.57 bits per heavy atom. The van der Waals surface area contributed by atoms with Gasteiger partial charge in [-0.05, 0) is 40.0 Å². The molecule has 3 aromatic carbocycles. The summed E-state index contributed by atoms with van der Waals surface area (Å²) in [6.07, 6.45) is 3.11. The highest BCUT2D eigenvalue weighted by molar-refractivity contribution is 7.16. The molecule has 0 bridgehead atoms. The number of aliphatic hydroxyl groups is 1.